The number of aliphatic hydroxyl groups is 1. The molecular formula is C12H18ClNO3S. The van der Waals surface area contributed by atoms with Crippen LogP contribution in [0.15, 0.2) is 17.0 Å². The van der Waals surface area contributed by atoms with Crippen molar-refractivity contribution in [2.45, 2.75) is 44.7 Å². The number of sulfonamides is 1. The first kappa shape index (κ1) is 15.4. The summed E-state index contributed by atoms with van der Waals surface area (Å²) in [5.41, 5.74) is 0.447. The molecule has 0 aliphatic heterocycles. The molecule has 0 aliphatic rings. The highest BCUT2D eigenvalue weighted by Gasteiger charge is 2.24. The van der Waals surface area contributed by atoms with E-state index < -0.39 is 15.6 Å². The Morgan fingerprint density at radius 3 is 2.33 bits per heavy atom. The van der Waals surface area contributed by atoms with E-state index in [0.29, 0.717) is 16.1 Å². The lowest BCUT2D eigenvalue weighted by atomic mass is 10.1. The van der Waals surface area contributed by atoms with Gasteiger partial charge < -0.3 is 5.11 Å². The van der Waals surface area contributed by atoms with Crippen LogP contribution in [0.5, 0.6) is 0 Å². The number of hydrogen-bond acceptors (Lipinski definition) is 3. The summed E-state index contributed by atoms with van der Waals surface area (Å²) in [5.74, 6) is 0. The Hall–Kier alpha value is -0.620. The van der Waals surface area contributed by atoms with Crippen LogP contribution in [-0.2, 0) is 16.6 Å². The summed E-state index contributed by atoms with van der Waals surface area (Å²) in [6.07, 6.45) is 0. The van der Waals surface area contributed by atoms with Gasteiger partial charge in [-0.05, 0) is 51.0 Å². The molecule has 4 nitrogen and oxygen atoms in total. The fourth-order valence-electron chi connectivity index (χ4n) is 1.61. The minimum absolute atomic E-state index is 0.106. The third kappa shape index (κ3) is 3.68. The molecule has 0 heterocycles. The highest BCUT2D eigenvalue weighted by Crippen LogP contribution is 2.25. The Labute approximate surface area is 113 Å². The largest absolute Gasteiger partial charge is 0.392 e. The Morgan fingerprint density at radius 1 is 1.33 bits per heavy atom. The molecule has 0 atom stereocenters. The van der Waals surface area contributed by atoms with E-state index in [1.54, 1.807) is 33.8 Å². The van der Waals surface area contributed by atoms with Gasteiger partial charge in [0.15, 0.2) is 0 Å². The van der Waals surface area contributed by atoms with Gasteiger partial charge in [0.05, 0.1) is 11.5 Å². The number of aliphatic hydroxyl groups excluding tert-OH is 1. The van der Waals surface area contributed by atoms with Crippen molar-refractivity contribution in [3.63, 3.8) is 0 Å². The van der Waals surface area contributed by atoms with Gasteiger partial charge in [0.25, 0.3) is 0 Å². The van der Waals surface area contributed by atoms with Crippen molar-refractivity contribution in [3.05, 3.63) is 28.3 Å². The highest BCUT2D eigenvalue weighted by atomic mass is 35.5. The molecule has 0 fully saturated rings. The zero-order valence-electron chi connectivity index (χ0n) is 10.9. The van der Waals surface area contributed by atoms with Crippen molar-refractivity contribution in [1.82, 2.24) is 4.72 Å². The van der Waals surface area contributed by atoms with Crippen molar-refractivity contribution in [2.24, 2.45) is 0 Å². The van der Waals surface area contributed by atoms with Crippen LogP contribution in [0.4, 0.5) is 0 Å². The average molecular weight is 292 g/mol. The van der Waals surface area contributed by atoms with Gasteiger partial charge in [-0.1, -0.05) is 11.6 Å². The number of nitrogens with one attached hydrogen (secondary N) is 1. The minimum Gasteiger partial charge on any atom is -0.392 e. The Balaban J connectivity index is 3.37. The highest BCUT2D eigenvalue weighted by molar-refractivity contribution is 7.89. The Kier molecular flexibility index (Phi) is 4.43. The van der Waals surface area contributed by atoms with E-state index in [0.717, 1.165) is 0 Å². The summed E-state index contributed by atoms with van der Waals surface area (Å²) in [5, 5.41) is 9.48. The summed E-state index contributed by atoms with van der Waals surface area (Å²) in [6.45, 7) is 6.69. The zero-order valence-corrected chi connectivity index (χ0v) is 12.5. The van der Waals surface area contributed by atoms with Crippen LogP contribution < -0.4 is 4.72 Å². The lowest BCUT2D eigenvalue weighted by molar-refractivity contribution is 0.280. The van der Waals surface area contributed by atoms with Crippen LogP contribution in [0.2, 0.25) is 5.02 Å². The Bertz CT molecular complexity index is 547. The maximum atomic E-state index is 12.2. The molecule has 6 heteroatoms. The van der Waals surface area contributed by atoms with Crippen LogP contribution >= 0.6 is 11.6 Å². The molecule has 0 aromatic heterocycles. The molecule has 0 bridgehead atoms. The van der Waals surface area contributed by atoms with Gasteiger partial charge in [0, 0.05) is 10.6 Å². The molecular weight excluding hydrogens is 274 g/mol. The molecule has 0 saturated heterocycles. The summed E-state index contributed by atoms with van der Waals surface area (Å²) in [4.78, 5) is 0.106. The number of benzene rings is 1. The van der Waals surface area contributed by atoms with E-state index in [4.69, 9.17) is 11.6 Å². The summed E-state index contributed by atoms with van der Waals surface area (Å²) >= 11 is 5.87. The van der Waals surface area contributed by atoms with Gasteiger partial charge in [0.2, 0.25) is 10.0 Å². The number of rotatable bonds is 3. The van der Waals surface area contributed by atoms with E-state index >= 15 is 0 Å². The molecule has 0 aliphatic carbocycles. The molecule has 2 N–H and O–H groups in total. The molecule has 0 amide bonds. The predicted molar refractivity (Wildman–Crippen MR) is 72.2 cm³/mol. The van der Waals surface area contributed by atoms with Gasteiger partial charge in [0.1, 0.15) is 0 Å². The van der Waals surface area contributed by atoms with Crippen LogP contribution in [0.1, 0.15) is 31.9 Å². The second kappa shape index (κ2) is 5.17. The molecule has 0 radical (unpaired) electrons. The van der Waals surface area contributed by atoms with Crippen LogP contribution in [0.25, 0.3) is 0 Å². The molecule has 0 spiro atoms. The van der Waals surface area contributed by atoms with Gasteiger partial charge >= 0.3 is 0 Å². The van der Waals surface area contributed by atoms with Crippen molar-refractivity contribution < 1.29 is 13.5 Å². The molecule has 0 unspecified atom stereocenters. The van der Waals surface area contributed by atoms with E-state index in [1.807, 2.05) is 0 Å². The smallest absolute Gasteiger partial charge is 0.241 e. The third-order valence-electron chi connectivity index (χ3n) is 2.33. The van der Waals surface area contributed by atoms with Gasteiger partial charge in [-0.15, -0.1) is 0 Å². The topological polar surface area (TPSA) is 66.4 Å². The van der Waals surface area contributed by atoms with E-state index in [9.17, 15) is 13.5 Å². The lowest BCUT2D eigenvalue weighted by Gasteiger charge is -2.21. The lowest BCUT2D eigenvalue weighted by Crippen LogP contribution is -2.40. The maximum Gasteiger partial charge on any atom is 0.241 e. The van der Waals surface area contributed by atoms with Crippen LogP contribution in [-0.4, -0.2) is 19.1 Å². The van der Waals surface area contributed by atoms with Crippen molar-refractivity contribution in [1.29, 1.82) is 0 Å². The Morgan fingerprint density at radius 2 is 1.89 bits per heavy atom. The first-order valence-corrected chi connectivity index (χ1v) is 7.37. The molecule has 1 aromatic carbocycles. The third-order valence-corrected chi connectivity index (χ3v) is 4.44. The van der Waals surface area contributed by atoms with E-state index in [1.165, 1.54) is 6.07 Å². The summed E-state index contributed by atoms with van der Waals surface area (Å²) in [7, 11) is -3.65. The predicted octanol–water partition coefficient (Wildman–Crippen LogP) is 2.22. The second-order valence-corrected chi connectivity index (χ2v) is 7.29. The first-order valence-electron chi connectivity index (χ1n) is 5.51. The maximum absolute atomic E-state index is 12.2. The SMILES string of the molecule is Cc1c(CO)cc(Cl)cc1S(=O)(=O)NC(C)(C)C. The van der Waals surface area contributed by atoms with E-state index in [-0.39, 0.29) is 11.5 Å². The fourth-order valence-corrected chi connectivity index (χ4v) is 3.65. The van der Waals surface area contributed by atoms with Crippen molar-refractivity contribution in [3.8, 4) is 0 Å². The quantitative estimate of drug-likeness (QED) is 0.897. The van der Waals surface area contributed by atoms with Crippen molar-refractivity contribution >= 4 is 21.6 Å². The average Bonchev–Trinajstić information content (AvgIpc) is 2.17. The number of halogens is 1. The number of hydrogen-bond donors (Lipinski definition) is 2. The summed E-state index contributed by atoms with van der Waals surface area (Å²) in [6, 6.07) is 2.96. The van der Waals surface area contributed by atoms with E-state index in [2.05, 4.69) is 4.72 Å². The first-order chi connectivity index (χ1) is 8.07. The molecule has 102 valence electrons. The van der Waals surface area contributed by atoms with Crippen molar-refractivity contribution in [2.75, 3.05) is 0 Å². The molecule has 0 saturated carbocycles. The molecule has 1 rings (SSSR count). The van der Waals surface area contributed by atoms with Crippen LogP contribution in [0, 0.1) is 6.92 Å². The normalized spacial score (nSPS) is 12.8. The molecule has 1 aromatic rings. The van der Waals surface area contributed by atoms with Crippen LogP contribution in [0.3, 0.4) is 0 Å². The standard InChI is InChI=1S/C12H18ClNO3S/c1-8-9(7-15)5-10(13)6-11(8)18(16,17)14-12(2,3)4/h5-6,14-15H,7H2,1-4H3. The second-order valence-electron chi connectivity index (χ2n) is 5.20. The van der Waals surface area contributed by atoms with Gasteiger partial charge in [-0.3, -0.25) is 0 Å². The van der Waals surface area contributed by atoms with Gasteiger partial charge in [-0.2, -0.15) is 0 Å². The minimum atomic E-state index is -3.65. The van der Waals surface area contributed by atoms with Gasteiger partial charge in [-0.25, -0.2) is 13.1 Å². The zero-order chi connectivity index (χ0) is 14.1. The monoisotopic (exact) mass is 291 g/mol. The fraction of sp³-hybridized carbons (Fsp3) is 0.500. The summed E-state index contributed by atoms with van der Waals surface area (Å²) < 4.78 is 27.0. The molecule has 18 heavy (non-hydrogen) atoms.